The third-order valence-corrected chi connectivity index (χ3v) is 7.44. The summed E-state index contributed by atoms with van der Waals surface area (Å²) in [4.78, 5) is 18.0. The summed E-state index contributed by atoms with van der Waals surface area (Å²) in [6.45, 7) is 0.815. The van der Waals surface area contributed by atoms with E-state index in [2.05, 4.69) is 9.88 Å². The molecule has 0 aliphatic carbocycles. The number of nitrogens with two attached hydrogens (primary N) is 1. The first-order valence-corrected chi connectivity index (χ1v) is 14.0. The Labute approximate surface area is 249 Å². The number of amides is 1. The Bertz CT molecular complexity index is 1650. The Balaban J connectivity index is 1.32. The molecule has 0 radical (unpaired) electrons. The second-order valence-electron chi connectivity index (χ2n) is 10.2. The number of nitrogens with zero attached hydrogens (tertiary/aromatic N) is 2. The van der Waals surface area contributed by atoms with Gasteiger partial charge in [0.2, 0.25) is 5.91 Å². The van der Waals surface area contributed by atoms with Crippen LogP contribution in [0.3, 0.4) is 0 Å². The minimum absolute atomic E-state index is 0.0797. The van der Waals surface area contributed by atoms with Gasteiger partial charge >= 0.3 is 0 Å². The van der Waals surface area contributed by atoms with E-state index in [1.165, 1.54) is 0 Å². The highest BCUT2D eigenvalue weighted by molar-refractivity contribution is 6.30. The zero-order chi connectivity index (χ0) is 29.5. The first-order chi connectivity index (χ1) is 20.4. The van der Waals surface area contributed by atoms with Gasteiger partial charge in [0.15, 0.2) is 0 Å². The molecule has 8 heteroatoms. The van der Waals surface area contributed by atoms with Crippen molar-refractivity contribution in [1.29, 1.82) is 0 Å². The van der Waals surface area contributed by atoms with Crippen molar-refractivity contribution in [3.05, 3.63) is 137 Å². The number of carbonyl (C=O) groups excluding carboxylic acids is 1. The fourth-order valence-corrected chi connectivity index (χ4v) is 5.17. The predicted octanol–water partition coefficient (Wildman–Crippen LogP) is 5.92. The van der Waals surface area contributed by atoms with E-state index >= 15 is 0 Å². The molecule has 0 aliphatic heterocycles. The number of rotatable bonds is 12. The van der Waals surface area contributed by atoms with Gasteiger partial charge < -0.3 is 20.7 Å². The summed E-state index contributed by atoms with van der Waals surface area (Å²) in [5, 5.41) is 22.9. The minimum Gasteiger partial charge on any atom is -0.457 e. The van der Waals surface area contributed by atoms with Crippen molar-refractivity contribution < 1.29 is 19.7 Å². The van der Waals surface area contributed by atoms with Gasteiger partial charge in [-0.25, -0.2) is 0 Å². The number of pyridine rings is 1. The summed E-state index contributed by atoms with van der Waals surface area (Å²) in [6.07, 6.45) is 1.42. The van der Waals surface area contributed by atoms with Gasteiger partial charge in [-0.2, -0.15) is 0 Å². The molecule has 0 unspecified atom stereocenters. The van der Waals surface area contributed by atoms with E-state index in [0.29, 0.717) is 47.1 Å². The molecule has 0 fully saturated rings. The van der Waals surface area contributed by atoms with Gasteiger partial charge in [0.05, 0.1) is 18.2 Å². The van der Waals surface area contributed by atoms with E-state index in [1.807, 2.05) is 66.7 Å². The predicted molar refractivity (Wildman–Crippen MR) is 165 cm³/mol. The molecule has 0 saturated carbocycles. The Morgan fingerprint density at radius 2 is 1.71 bits per heavy atom. The monoisotopic (exact) mass is 581 g/mol. The number of ether oxygens (including phenoxy) is 1. The van der Waals surface area contributed by atoms with Crippen molar-refractivity contribution in [2.24, 2.45) is 5.73 Å². The number of hydrogen-bond acceptors (Lipinski definition) is 6. The number of carbonyl (C=O) groups is 1. The van der Waals surface area contributed by atoms with Gasteiger partial charge in [-0.05, 0) is 71.6 Å². The number of benzene rings is 4. The van der Waals surface area contributed by atoms with Crippen LogP contribution in [0.15, 0.2) is 109 Å². The number of primary amides is 1. The largest absolute Gasteiger partial charge is 0.457 e. The lowest BCUT2D eigenvalue weighted by molar-refractivity contribution is 0.0566. The number of halogens is 1. The van der Waals surface area contributed by atoms with Gasteiger partial charge in [0.1, 0.15) is 11.5 Å². The third-order valence-electron chi connectivity index (χ3n) is 7.21. The second kappa shape index (κ2) is 13.6. The van der Waals surface area contributed by atoms with Crippen molar-refractivity contribution in [3.63, 3.8) is 0 Å². The molecule has 1 amide bonds. The summed E-state index contributed by atoms with van der Waals surface area (Å²) in [5.74, 6) is 0.743. The summed E-state index contributed by atoms with van der Waals surface area (Å²) in [6, 6.07) is 31.6. The van der Waals surface area contributed by atoms with Gasteiger partial charge in [-0.3, -0.25) is 14.7 Å². The van der Waals surface area contributed by atoms with Crippen molar-refractivity contribution >= 4 is 28.4 Å². The standard InChI is InChI=1S/C34H32ClN3O4/c35-27-8-4-7-25(18-27)32(40)21-38(20-24-5-2-1-3-6-24)28(22-39)17-23-9-12-29(13-10-23)42-33-15-16-37-31-19-26(34(36)41)11-14-30(31)33/h1-16,18-19,28,32,39-40H,17,20-22H2,(H2,36,41)/t28-,32-/m0/s1. The van der Waals surface area contributed by atoms with E-state index in [-0.39, 0.29) is 12.6 Å². The van der Waals surface area contributed by atoms with Gasteiger partial charge in [-0.15, -0.1) is 0 Å². The first kappa shape index (κ1) is 29.2. The summed E-state index contributed by atoms with van der Waals surface area (Å²) >= 11 is 6.17. The first-order valence-electron chi connectivity index (χ1n) is 13.7. The molecule has 1 aromatic heterocycles. The van der Waals surface area contributed by atoms with E-state index in [1.54, 1.807) is 42.6 Å². The molecule has 4 N–H and O–H groups in total. The Morgan fingerprint density at radius 1 is 0.929 bits per heavy atom. The van der Waals surface area contributed by atoms with Gasteiger partial charge in [-0.1, -0.05) is 66.2 Å². The lowest BCUT2D eigenvalue weighted by atomic mass is 10.0. The summed E-state index contributed by atoms with van der Waals surface area (Å²) in [5.41, 5.74) is 9.24. The number of aromatic nitrogens is 1. The second-order valence-corrected chi connectivity index (χ2v) is 10.6. The maximum atomic E-state index is 11.5. The molecule has 2 atom stereocenters. The highest BCUT2D eigenvalue weighted by Gasteiger charge is 2.23. The lowest BCUT2D eigenvalue weighted by Gasteiger charge is -2.32. The van der Waals surface area contributed by atoms with Crippen LogP contribution in [0.25, 0.3) is 10.9 Å². The number of hydrogen-bond donors (Lipinski definition) is 3. The Morgan fingerprint density at radius 3 is 2.43 bits per heavy atom. The van der Waals surface area contributed by atoms with E-state index < -0.39 is 12.0 Å². The van der Waals surface area contributed by atoms with E-state index in [9.17, 15) is 15.0 Å². The van der Waals surface area contributed by atoms with Crippen molar-refractivity contribution in [1.82, 2.24) is 9.88 Å². The number of fused-ring (bicyclic) bond motifs is 1. The van der Waals surface area contributed by atoms with E-state index in [4.69, 9.17) is 22.1 Å². The third kappa shape index (κ3) is 7.32. The normalized spacial score (nSPS) is 12.8. The topological polar surface area (TPSA) is 109 Å². The fourth-order valence-electron chi connectivity index (χ4n) is 4.97. The smallest absolute Gasteiger partial charge is 0.248 e. The zero-order valence-corrected chi connectivity index (χ0v) is 23.7. The molecular weight excluding hydrogens is 550 g/mol. The Kier molecular flexibility index (Phi) is 9.46. The number of aliphatic hydroxyl groups is 2. The van der Waals surface area contributed by atoms with Crippen LogP contribution in [0.2, 0.25) is 5.02 Å². The minimum atomic E-state index is -0.772. The fraction of sp³-hybridized carbons (Fsp3) is 0.176. The zero-order valence-electron chi connectivity index (χ0n) is 22.9. The van der Waals surface area contributed by atoms with Crippen LogP contribution < -0.4 is 10.5 Å². The maximum absolute atomic E-state index is 11.5. The van der Waals surface area contributed by atoms with Gasteiger partial charge in [0.25, 0.3) is 0 Å². The van der Waals surface area contributed by atoms with Crippen LogP contribution in [0.4, 0.5) is 0 Å². The van der Waals surface area contributed by atoms with Crippen molar-refractivity contribution in [2.75, 3.05) is 13.2 Å². The molecule has 1 heterocycles. The average molecular weight is 582 g/mol. The molecule has 0 saturated heterocycles. The van der Waals surface area contributed by atoms with E-state index in [0.717, 1.165) is 22.1 Å². The summed E-state index contributed by atoms with van der Waals surface area (Å²) in [7, 11) is 0. The quantitative estimate of drug-likeness (QED) is 0.169. The number of aliphatic hydroxyl groups excluding tert-OH is 2. The van der Waals surface area contributed by atoms with Crippen molar-refractivity contribution in [3.8, 4) is 11.5 Å². The molecular formula is C34H32ClN3O4. The molecule has 4 aromatic carbocycles. The SMILES string of the molecule is NC(=O)c1ccc2c(Oc3ccc(C[C@@H](CO)N(Cc4ccccc4)C[C@H](O)c4cccc(Cl)c4)cc3)ccnc2c1. The van der Waals surface area contributed by atoms with Crippen molar-refractivity contribution in [2.45, 2.75) is 25.1 Å². The van der Waals surface area contributed by atoms with Crippen LogP contribution in [-0.2, 0) is 13.0 Å². The Hall–Kier alpha value is -4.27. The lowest BCUT2D eigenvalue weighted by Crippen LogP contribution is -2.41. The van der Waals surface area contributed by atoms with Crippen LogP contribution in [0.1, 0.15) is 33.2 Å². The van der Waals surface area contributed by atoms with Gasteiger partial charge in [0, 0.05) is 41.3 Å². The molecule has 42 heavy (non-hydrogen) atoms. The molecule has 0 spiro atoms. The van der Waals surface area contributed by atoms with Crippen LogP contribution in [0, 0.1) is 0 Å². The molecule has 5 aromatic rings. The molecule has 5 rings (SSSR count). The molecule has 0 aliphatic rings. The van der Waals surface area contributed by atoms with Crippen LogP contribution >= 0.6 is 11.6 Å². The average Bonchev–Trinajstić information content (AvgIpc) is 3.00. The van der Waals surface area contributed by atoms with Crippen LogP contribution in [0.5, 0.6) is 11.5 Å². The summed E-state index contributed by atoms with van der Waals surface area (Å²) < 4.78 is 6.16. The maximum Gasteiger partial charge on any atom is 0.248 e. The molecule has 0 bridgehead atoms. The molecule has 214 valence electrons. The highest BCUT2D eigenvalue weighted by atomic mass is 35.5. The van der Waals surface area contributed by atoms with Crippen LogP contribution in [-0.4, -0.2) is 45.2 Å². The molecule has 7 nitrogen and oxygen atoms in total. The highest BCUT2D eigenvalue weighted by Crippen LogP contribution is 2.30.